The standard InChI is InChI=1S/C11H11F2N3O2S2/c1-6(11-15-4-5-19-11)16-20(17,18)8-3-2-7(12)10(14)9(8)13/h2-6,16H,14H2,1H3. The number of nitrogens with one attached hydrogen (secondary N) is 1. The van der Waals surface area contributed by atoms with Gasteiger partial charge in [-0.05, 0) is 19.1 Å². The number of halogens is 2. The second kappa shape index (κ2) is 5.43. The smallest absolute Gasteiger partial charge is 0.244 e. The van der Waals surface area contributed by atoms with E-state index in [4.69, 9.17) is 5.73 Å². The summed E-state index contributed by atoms with van der Waals surface area (Å²) in [5.41, 5.74) is 4.33. The fourth-order valence-electron chi connectivity index (χ4n) is 1.55. The lowest BCUT2D eigenvalue weighted by atomic mass is 10.3. The fourth-order valence-corrected chi connectivity index (χ4v) is 3.57. The first-order valence-corrected chi connectivity index (χ1v) is 7.84. The van der Waals surface area contributed by atoms with Gasteiger partial charge in [-0.1, -0.05) is 0 Å². The van der Waals surface area contributed by atoms with Crippen LogP contribution in [0.25, 0.3) is 0 Å². The van der Waals surface area contributed by atoms with E-state index in [1.165, 1.54) is 17.5 Å². The van der Waals surface area contributed by atoms with Gasteiger partial charge in [-0.3, -0.25) is 0 Å². The van der Waals surface area contributed by atoms with Crippen molar-refractivity contribution in [1.29, 1.82) is 0 Å². The molecule has 2 rings (SSSR count). The van der Waals surface area contributed by atoms with Crippen LogP contribution in [0, 0.1) is 11.6 Å². The van der Waals surface area contributed by atoms with E-state index >= 15 is 0 Å². The van der Waals surface area contributed by atoms with Crippen molar-refractivity contribution in [3.05, 3.63) is 40.4 Å². The molecular weight excluding hydrogens is 308 g/mol. The quantitative estimate of drug-likeness (QED) is 0.845. The molecule has 5 nitrogen and oxygen atoms in total. The predicted octanol–water partition coefficient (Wildman–Crippen LogP) is 2.04. The van der Waals surface area contributed by atoms with Gasteiger partial charge in [-0.25, -0.2) is 26.9 Å². The third-order valence-electron chi connectivity index (χ3n) is 2.53. The maximum Gasteiger partial charge on any atom is 0.244 e. The van der Waals surface area contributed by atoms with Crippen molar-refractivity contribution < 1.29 is 17.2 Å². The highest BCUT2D eigenvalue weighted by Gasteiger charge is 2.25. The number of anilines is 1. The van der Waals surface area contributed by atoms with Gasteiger partial charge < -0.3 is 5.73 Å². The first kappa shape index (κ1) is 14.8. The number of aromatic nitrogens is 1. The number of thiazole rings is 1. The molecule has 20 heavy (non-hydrogen) atoms. The Morgan fingerprint density at radius 2 is 2.10 bits per heavy atom. The summed E-state index contributed by atoms with van der Waals surface area (Å²) in [5.74, 6) is -2.31. The highest BCUT2D eigenvalue weighted by atomic mass is 32.2. The first-order chi connectivity index (χ1) is 9.33. The minimum absolute atomic E-state index is 0.532. The number of rotatable bonds is 4. The van der Waals surface area contributed by atoms with Crippen LogP contribution in [0.1, 0.15) is 18.0 Å². The molecule has 0 amide bonds. The zero-order chi connectivity index (χ0) is 14.9. The van der Waals surface area contributed by atoms with E-state index in [0.717, 1.165) is 12.1 Å². The van der Waals surface area contributed by atoms with Crippen LogP contribution in [-0.2, 0) is 10.0 Å². The van der Waals surface area contributed by atoms with E-state index in [-0.39, 0.29) is 0 Å². The molecule has 1 unspecified atom stereocenters. The minimum atomic E-state index is -4.16. The van der Waals surface area contributed by atoms with Crippen molar-refractivity contribution in [3.63, 3.8) is 0 Å². The SMILES string of the molecule is CC(NS(=O)(=O)c1ccc(F)c(N)c1F)c1nccs1. The molecule has 9 heteroatoms. The monoisotopic (exact) mass is 319 g/mol. The van der Waals surface area contributed by atoms with Gasteiger partial charge in [0.05, 0.1) is 6.04 Å². The minimum Gasteiger partial charge on any atom is -0.394 e. The summed E-state index contributed by atoms with van der Waals surface area (Å²) in [4.78, 5) is 3.27. The maximum atomic E-state index is 13.8. The predicted molar refractivity (Wildman–Crippen MR) is 71.6 cm³/mol. The normalized spacial score (nSPS) is 13.3. The Hall–Kier alpha value is -1.58. The van der Waals surface area contributed by atoms with Gasteiger partial charge in [0, 0.05) is 11.6 Å². The van der Waals surface area contributed by atoms with E-state index in [1.807, 2.05) is 0 Å². The molecule has 0 aliphatic heterocycles. The summed E-state index contributed by atoms with van der Waals surface area (Å²) in [6, 6.07) is 1.00. The zero-order valence-corrected chi connectivity index (χ0v) is 11.9. The molecule has 0 bridgehead atoms. The number of nitrogens with two attached hydrogens (primary N) is 1. The lowest BCUT2D eigenvalue weighted by Gasteiger charge is -2.13. The van der Waals surface area contributed by atoms with Gasteiger partial charge in [0.1, 0.15) is 21.4 Å². The van der Waals surface area contributed by atoms with Crippen molar-refractivity contribution >= 4 is 27.0 Å². The summed E-state index contributed by atoms with van der Waals surface area (Å²) >= 11 is 1.26. The largest absolute Gasteiger partial charge is 0.394 e. The van der Waals surface area contributed by atoms with Crippen LogP contribution in [0.5, 0.6) is 0 Å². The van der Waals surface area contributed by atoms with Crippen LogP contribution >= 0.6 is 11.3 Å². The molecule has 1 aromatic heterocycles. The highest BCUT2D eigenvalue weighted by Crippen LogP contribution is 2.24. The molecule has 0 saturated carbocycles. The Balaban J connectivity index is 2.34. The molecule has 0 aliphatic carbocycles. The van der Waals surface area contributed by atoms with Crippen molar-refractivity contribution in [3.8, 4) is 0 Å². The Kier molecular flexibility index (Phi) is 4.02. The molecule has 1 heterocycles. The molecule has 2 aromatic rings. The summed E-state index contributed by atoms with van der Waals surface area (Å²) in [6.45, 7) is 1.57. The summed E-state index contributed by atoms with van der Waals surface area (Å²) in [5, 5.41) is 2.22. The number of nitrogens with zero attached hydrogens (tertiary/aromatic N) is 1. The molecule has 0 aliphatic rings. The van der Waals surface area contributed by atoms with E-state index < -0.39 is 38.3 Å². The molecule has 3 N–H and O–H groups in total. The molecule has 0 saturated heterocycles. The summed E-state index contributed by atoms with van der Waals surface area (Å²) < 4.78 is 53.2. The van der Waals surface area contributed by atoms with Crippen LogP contribution in [0.15, 0.2) is 28.6 Å². The van der Waals surface area contributed by atoms with Gasteiger partial charge in [0.25, 0.3) is 0 Å². The van der Waals surface area contributed by atoms with Crippen molar-refractivity contribution in [2.75, 3.05) is 5.73 Å². The van der Waals surface area contributed by atoms with Crippen LogP contribution in [0.4, 0.5) is 14.5 Å². The number of benzene rings is 1. The Morgan fingerprint density at radius 3 is 2.70 bits per heavy atom. The molecule has 108 valence electrons. The fraction of sp³-hybridized carbons (Fsp3) is 0.182. The number of hydrogen-bond acceptors (Lipinski definition) is 5. The summed E-state index contributed by atoms with van der Waals surface area (Å²) in [6.07, 6.45) is 1.53. The Bertz CT molecular complexity index is 718. The van der Waals surface area contributed by atoms with Crippen molar-refractivity contribution in [2.24, 2.45) is 0 Å². The third kappa shape index (κ3) is 2.79. The van der Waals surface area contributed by atoms with Crippen molar-refractivity contribution in [1.82, 2.24) is 9.71 Å². The van der Waals surface area contributed by atoms with Crippen LogP contribution in [0.3, 0.4) is 0 Å². The molecule has 0 fully saturated rings. The lowest BCUT2D eigenvalue weighted by Crippen LogP contribution is -2.28. The molecule has 0 radical (unpaired) electrons. The van der Waals surface area contributed by atoms with Gasteiger partial charge in [-0.2, -0.15) is 0 Å². The zero-order valence-electron chi connectivity index (χ0n) is 10.3. The second-order valence-electron chi connectivity index (χ2n) is 3.99. The lowest BCUT2D eigenvalue weighted by molar-refractivity contribution is 0.540. The Labute approximate surface area is 118 Å². The van der Waals surface area contributed by atoms with Crippen LogP contribution in [-0.4, -0.2) is 13.4 Å². The van der Waals surface area contributed by atoms with Crippen LogP contribution < -0.4 is 10.5 Å². The number of hydrogen-bond donors (Lipinski definition) is 2. The highest BCUT2D eigenvalue weighted by molar-refractivity contribution is 7.89. The average Bonchev–Trinajstić information content (AvgIpc) is 2.89. The van der Waals surface area contributed by atoms with E-state index in [0.29, 0.717) is 5.01 Å². The summed E-state index contributed by atoms with van der Waals surface area (Å²) in [7, 11) is -4.16. The molecule has 0 spiro atoms. The van der Waals surface area contributed by atoms with Gasteiger partial charge in [-0.15, -0.1) is 11.3 Å². The number of sulfonamides is 1. The van der Waals surface area contributed by atoms with E-state index in [2.05, 4.69) is 9.71 Å². The van der Waals surface area contributed by atoms with Crippen LogP contribution in [0.2, 0.25) is 0 Å². The third-order valence-corrected chi connectivity index (χ3v) is 5.05. The van der Waals surface area contributed by atoms with Crippen molar-refractivity contribution in [2.45, 2.75) is 17.9 Å². The van der Waals surface area contributed by atoms with E-state index in [9.17, 15) is 17.2 Å². The number of nitrogen functional groups attached to an aromatic ring is 1. The Morgan fingerprint density at radius 1 is 1.40 bits per heavy atom. The molecule has 1 aromatic carbocycles. The van der Waals surface area contributed by atoms with Gasteiger partial charge >= 0.3 is 0 Å². The first-order valence-electron chi connectivity index (χ1n) is 5.48. The van der Waals surface area contributed by atoms with Gasteiger partial charge in [0.15, 0.2) is 5.82 Å². The second-order valence-corrected chi connectivity index (χ2v) is 6.60. The maximum absolute atomic E-state index is 13.8. The average molecular weight is 319 g/mol. The molecule has 1 atom stereocenters. The molecular formula is C11H11F2N3O2S2. The van der Waals surface area contributed by atoms with E-state index in [1.54, 1.807) is 12.3 Å². The topological polar surface area (TPSA) is 85.1 Å². The van der Waals surface area contributed by atoms with Gasteiger partial charge in [0.2, 0.25) is 10.0 Å².